The lowest BCUT2D eigenvalue weighted by Gasteiger charge is -2.29. The highest BCUT2D eigenvalue weighted by Crippen LogP contribution is 2.39. The first-order valence-electron chi connectivity index (χ1n) is 10.0. The topological polar surface area (TPSA) is 45.2 Å². The molecule has 1 aliphatic rings. The van der Waals surface area contributed by atoms with Crippen molar-refractivity contribution in [3.63, 3.8) is 0 Å². The SMILES string of the molecule is CC(C)(C)CC=O.CNc1c(C)cc(N2CCc3nc(C(F)(F)F)sc3C2)cc1SC. The zero-order valence-corrected chi connectivity index (χ0v) is 20.4. The number of rotatable bonds is 4. The first-order chi connectivity index (χ1) is 14.4. The van der Waals surface area contributed by atoms with E-state index in [4.69, 9.17) is 0 Å². The Hall–Kier alpha value is -1.74. The van der Waals surface area contributed by atoms with E-state index in [1.54, 1.807) is 11.8 Å². The van der Waals surface area contributed by atoms with Gasteiger partial charge in [-0.25, -0.2) is 4.98 Å². The smallest absolute Gasteiger partial charge is 0.387 e. The number of nitrogens with one attached hydrogen (secondary N) is 1. The summed E-state index contributed by atoms with van der Waals surface area (Å²) in [5, 5.41) is 2.47. The second-order valence-electron chi connectivity index (χ2n) is 8.58. The van der Waals surface area contributed by atoms with Gasteiger partial charge in [-0.05, 0) is 36.3 Å². The third kappa shape index (κ3) is 6.87. The summed E-state index contributed by atoms with van der Waals surface area (Å²) in [6, 6.07) is 4.18. The van der Waals surface area contributed by atoms with E-state index in [0.29, 0.717) is 31.6 Å². The fourth-order valence-corrected chi connectivity index (χ4v) is 4.88. The Balaban J connectivity index is 0.000000423. The molecule has 1 N–H and O–H groups in total. The predicted octanol–water partition coefficient (Wildman–Crippen LogP) is 6.42. The number of alkyl halides is 3. The largest absolute Gasteiger partial charge is 0.443 e. The minimum absolute atomic E-state index is 0.182. The number of aromatic nitrogens is 1. The quantitative estimate of drug-likeness (QED) is 0.410. The molecule has 0 spiro atoms. The van der Waals surface area contributed by atoms with Gasteiger partial charge in [0.25, 0.3) is 0 Å². The first-order valence-corrected chi connectivity index (χ1v) is 12.0. The first kappa shape index (κ1) is 25.5. The Morgan fingerprint density at radius 1 is 1.29 bits per heavy atom. The van der Waals surface area contributed by atoms with Crippen LogP contribution < -0.4 is 10.2 Å². The molecule has 1 aromatic carbocycles. The number of benzene rings is 1. The summed E-state index contributed by atoms with van der Waals surface area (Å²) in [7, 11) is 1.89. The second kappa shape index (κ2) is 10.3. The highest BCUT2D eigenvalue weighted by Gasteiger charge is 2.37. The van der Waals surface area contributed by atoms with Crippen LogP contribution in [0.15, 0.2) is 17.0 Å². The normalized spacial score (nSPS) is 13.9. The van der Waals surface area contributed by atoms with Gasteiger partial charge in [-0.15, -0.1) is 23.1 Å². The van der Waals surface area contributed by atoms with Crippen LogP contribution in [0.5, 0.6) is 0 Å². The van der Waals surface area contributed by atoms with Crippen LogP contribution in [0, 0.1) is 12.3 Å². The van der Waals surface area contributed by atoms with Crippen molar-refractivity contribution in [2.45, 2.75) is 58.2 Å². The molecule has 0 saturated carbocycles. The number of aldehydes is 1. The molecule has 2 heterocycles. The molecular formula is C22H30F3N3OS2. The zero-order chi connectivity index (χ0) is 23.4. The Kier molecular flexibility index (Phi) is 8.44. The maximum Gasteiger partial charge on any atom is 0.443 e. The number of thioether (sulfide) groups is 1. The van der Waals surface area contributed by atoms with Crippen LogP contribution in [0.4, 0.5) is 24.5 Å². The lowest BCUT2D eigenvalue weighted by Crippen LogP contribution is -2.29. The van der Waals surface area contributed by atoms with E-state index < -0.39 is 11.2 Å². The third-order valence-electron chi connectivity index (χ3n) is 4.79. The molecule has 0 bridgehead atoms. The van der Waals surface area contributed by atoms with E-state index in [-0.39, 0.29) is 5.41 Å². The van der Waals surface area contributed by atoms with E-state index >= 15 is 0 Å². The molecule has 0 amide bonds. The van der Waals surface area contributed by atoms with Gasteiger partial charge in [0.2, 0.25) is 0 Å². The minimum Gasteiger partial charge on any atom is -0.387 e. The molecule has 31 heavy (non-hydrogen) atoms. The molecule has 172 valence electrons. The molecule has 9 heteroatoms. The van der Waals surface area contributed by atoms with Crippen molar-refractivity contribution < 1.29 is 18.0 Å². The molecule has 0 radical (unpaired) electrons. The van der Waals surface area contributed by atoms with E-state index in [2.05, 4.69) is 27.3 Å². The summed E-state index contributed by atoms with van der Waals surface area (Å²) in [4.78, 5) is 17.6. The fraction of sp³-hybridized carbons (Fsp3) is 0.545. The number of hydrogen-bond acceptors (Lipinski definition) is 6. The summed E-state index contributed by atoms with van der Waals surface area (Å²) in [5.41, 5.74) is 4.05. The van der Waals surface area contributed by atoms with Crippen LogP contribution >= 0.6 is 23.1 Å². The number of nitrogens with zero attached hydrogens (tertiary/aromatic N) is 2. The number of anilines is 2. The van der Waals surface area contributed by atoms with Gasteiger partial charge in [0.15, 0.2) is 5.01 Å². The van der Waals surface area contributed by atoms with Crippen LogP contribution in [0.3, 0.4) is 0 Å². The van der Waals surface area contributed by atoms with Gasteiger partial charge in [0.05, 0.1) is 17.9 Å². The van der Waals surface area contributed by atoms with Gasteiger partial charge in [-0.2, -0.15) is 13.2 Å². The molecule has 3 rings (SSSR count). The van der Waals surface area contributed by atoms with E-state index in [1.807, 2.05) is 41.0 Å². The maximum absolute atomic E-state index is 12.9. The van der Waals surface area contributed by atoms with Gasteiger partial charge >= 0.3 is 6.18 Å². The molecule has 2 aromatic rings. The number of halogens is 3. The Bertz CT molecular complexity index is 905. The van der Waals surface area contributed by atoms with E-state index in [9.17, 15) is 18.0 Å². The van der Waals surface area contributed by atoms with Gasteiger partial charge in [0, 0.05) is 41.9 Å². The molecule has 0 fully saturated rings. The van der Waals surface area contributed by atoms with Crippen molar-refractivity contribution in [1.82, 2.24) is 4.98 Å². The summed E-state index contributed by atoms with van der Waals surface area (Å²) in [6.07, 6.45) is -0.174. The van der Waals surface area contributed by atoms with Crippen molar-refractivity contribution in [1.29, 1.82) is 0 Å². The van der Waals surface area contributed by atoms with Crippen LogP contribution in [0.2, 0.25) is 0 Å². The number of aryl methyl sites for hydroxylation is 1. The highest BCUT2D eigenvalue weighted by atomic mass is 32.2. The molecular weight excluding hydrogens is 443 g/mol. The molecule has 1 aliphatic heterocycles. The zero-order valence-electron chi connectivity index (χ0n) is 18.8. The van der Waals surface area contributed by atoms with Crippen LogP contribution in [-0.2, 0) is 23.9 Å². The number of thiazole rings is 1. The standard InChI is InChI=1S/C16H18F3N3S2.C6H12O/c1-9-6-10(7-12(23-3)14(9)20-2)22-5-4-11-13(8-22)24-15(21-11)16(17,18)19;1-6(2,3)4-5-7/h6-7,20H,4-5,8H2,1-3H3;5H,4H2,1-3H3. The summed E-state index contributed by atoms with van der Waals surface area (Å²) in [5.74, 6) is 0. The average molecular weight is 474 g/mol. The number of carbonyl (C=O) groups is 1. The maximum atomic E-state index is 12.9. The van der Waals surface area contributed by atoms with Crippen molar-refractivity contribution in [3.05, 3.63) is 33.3 Å². The Morgan fingerprint density at radius 3 is 2.45 bits per heavy atom. The second-order valence-corrected chi connectivity index (χ2v) is 10.5. The van der Waals surface area contributed by atoms with Gasteiger partial charge in [-0.3, -0.25) is 0 Å². The molecule has 0 atom stereocenters. The number of fused-ring (bicyclic) bond motifs is 1. The molecule has 4 nitrogen and oxygen atoms in total. The van der Waals surface area contributed by atoms with Crippen molar-refractivity contribution in [3.8, 4) is 0 Å². The Labute approximate surface area is 190 Å². The van der Waals surface area contributed by atoms with E-state index in [0.717, 1.165) is 44.3 Å². The highest BCUT2D eigenvalue weighted by molar-refractivity contribution is 7.98. The van der Waals surface area contributed by atoms with Crippen molar-refractivity contribution in [2.24, 2.45) is 5.41 Å². The molecule has 1 aromatic heterocycles. The summed E-state index contributed by atoms with van der Waals surface area (Å²) >= 11 is 2.42. The minimum atomic E-state index is -4.36. The fourth-order valence-electron chi connectivity index (χ4n) is 3.19. The number of carbonyl (C=O) groups excluding carboxylic acids is 1. The van der Waals surface area contributed by atoms with Gasteiger partial charge in [0.1, 0.15) is 6.29 Å². The summed E-state index contributed by atoms with van der Waals surface area (Å²) < 4.78 is 38.6. The lowest BCUT2D eigenvalue weighted by molar-refractivity contribution is -0.137. The Morgan fingerprint density at radius 2 is 1.97 bits per heavy atom. The van der Waals surface area contributed by atoms with Crippen molar-refractivity contribution >= 4 is 40.8 Å². The summed E-state index contributed by atoms with van der Waals surface area (Å²) in [6.45, 7) is 9.33. The van der Waals surface area contributed by atoms with E-state index in [1.165, 1.54) is 0 Å². The average Bonchev–Trinajstić information content (AvgIpc) is 3.10. The molecule has 0 saturated heterocycles. The molecule has 0 unspecified atom stereocenters. The monoisotopic (exact) mass is 473 g/mol. The predicted molar refractivity (Wildman–Crippen MR) is 125 cm³/mol. The van der Waals surface area contributed by atoms with Crippen LogP contribution in [-0.4, -0.2) is 31.1 Å². The third-order valence-corrected chi connectivity index (χ3v) is 6.68. The van der Waals surface area contributed by atoms with Crippen LogP contribution in [0.25, 0.3) is 0 Å². The van der Waals surface area contributed by atoms with Gasteiger partial charge in [-0.1, -0.05) is 20.8 Å². The van der Waals surface area contributed by atoms with Crippen molar-refractivity contribution in [2.75, 3.05) is 30.1 Å². The van der Waals surface area contributed by atoms with Gasteiger partial charge < -0.3 is 15.0 Å². The number of hydrogen-bond donors (Lipinski definition) is 1. The molecule has 0 aliphatic carbocycles. The lowest BCUT2D eigenvalue weighted by atomic mass is 9.93. The van der Waals surface area contributed by atoms with Crippen LogP contribution in [0.1, 0.15) is 48.3 Å².